The van der Waals surface area contributed by atoms with Crippen LogP contribution in [-0.2, 0) is 31.6 Å². The molecule has 3 rings (SSSR count). The Morgan fingerprint density at radius 1 is 1.25 bits per heavy atom. The van der Waals surface area contributed by atoms with Gasteiger partial charge in [-0.25, -0.2) is 23.7 Å². The first kappa shape index (κ1) is 29.1. The molecule has 0 amide bonds. The highest BCUT2D eigenvalue weighted by Crippen LogP contribution is 2.66. The standard InChI is InChI=1S/C14H20ClN6O12P3/c1-7(31-35(26,27)33-36(28,29)32-34(23,24)25)10-8(5-22)14(17,2-3-15)12(30-10)21-6-19-9-4-18-13(16)20-11(9)21/h4,6-8,10,12,22H,5,17H2,1H3,(H,26,27)(H,28,29)(H2,16,18,20)(H2,23,24,25)/t7-,8?,10+,12+,14?/m0/s1. The quantitative estimate of drug-likeness (QED) is 0.143. The number of ether oxygens (including phenoxy) is 1. The van der Waals surface area contributed by atoms with Gasteiger partial charge in [-0.05, 0) is 18.5 Å². The minimum Gasteiger partial charge on any atom is -0.396 e. The van der Waals surface area contributed by atoms with E-state index in [-0.39, 0.29) is 11.6 Å². The van der Waals surface area contributed by atoms with Crippen LogP contribution < -0.4 is 11.5 Å². The van der Waals surface area contributed by atoms with Crippen molar-refractivity contribution in [1.82, 2.24) is 19.5 Å². The van der Waals surface area contributed by atoms with Crippen molar-refractivity contribution in [3.63, 3.8) is 0 Å². The van der Waals surface area contributed by atoms with Crippen LogP contribution in [0.3, 0.4) is 0 Å². The molecule has 7 atom stereocenters. The van der Waals surface area contributed by atoms with E-state index in [0.717, 1.165) is 6.92 Å². The van der Waals surface area contributed by atoms with Gasteiger partial charge in [0.1, 0.15) is 11.1 Å². The fraction of sp³-hybridized carbons (Fsp3) is 0.500. The van der Waals surface area contributed by atoms with Gasteiger partial charge in [0.25, 0.3) is 0 Å². The lowest BCUT2D eigenvalue weighted by atomic mass is 9.82. The molecule has 2 aromatic heterocycles. The van der Waals surface area contributed by atoms with E-state index in [1.807, 2.05) is 0 Å². The van der Waals surface area contributed by atoms with E-state index in [0.29, 0.717) is 5.52 Å². The number of aliphatic hydroxyl groups is 1. The average molecular weight is 593 g/mol. The molecule has 1 saturated heterocycles. The Morgan fingerprint density at radius 2 is 1.92 bits per heavy atom. The fourth-order valence-corrected chi connectivity index (χ4v) is 6.98. The minimum atomic E-state index is -5.76. The van der Waals surface area contributed by atoms with Gasteiger partial charge in [0.05, 0.1) is 31.3 Å². The Morgan fingerprint density at radius 3 is 2.50 bits per heavy atom. The van der Waals surface area contributed by atoms with Gasteiger partial charge in [0.2, 0.25) is 5.95 Å². The van der Waals surface area contributed by atoms with Crippen LogP contribution in [0.15, 0.2) is 12.5 Å². The van der Waals surface area contributed by atoms with Crippen LogP contribution in [0.1, 0.15) is 13.2 Å². The van der Waals surface area contributed by atoms with Crippen LogP contribution in [0.4, 0.5) is 5.95 Å². The summed E-state index contributed by atoms with van der Waals surface area (Å²) in [7, 11) is -16.9. The van der Waals surface area contributed by atoms with Crippen molar-refractivity contribution in [2.75, 3.05) is 12.3 Å². The monoisotopic (exact) mass is 592 g/mol. The summed E-state index contributed by atoms with van der Waals surface area (Å²) in [4.78, 5) is 48.5. The Kier molecular flexibility index (Phi) is 8.34. The minimum absolute atomic E-state index is 0.107. The van der Waals surface area contributed by atoms with Crippen molar-refractivity contribution < 1.29 is 56.3 Å². The number of phosphoric ester groups is 1. The summed E-state index contributed by atoms with van der Waals surface area (Å²) in [6.07, 6.45) is -1.55. The molecule has 22 heteroatoms. The maximum Gasteiger partial charge on any atom is 0.490 e. The SMILES string of the molecule is C[C@H](OP(=O)(O)OP(=O)(O)OP(=O)(O)O)[C@H]1O[C@@H](n2cnc3cnc(N)nc32)C(N)(C#CCl)C1CO. The average Bonchev–Trinajstić information content (AvgIpc) is 3.22. The predicted molar refractivity (Wildman–Crippen MR) is 119 cm³/mol. The summed E-state index contributed by atoms with van der Waals surface area (Å²) in [5, 5.41) is 12.2. The second-order valence-electron chi connectivity index (χ2n) is 7.39. The zero-order valence-electron chi connectivity index (χ0n) is 17.9. The van der Waals surface area contributed by atoms with E-state index in [1.165, 1.54) is 17.1 Å². The van der Waals surface area contributed by atoms with Crippen molar-refractivity contribution >= 4 is 52.2 Å². The van der Waals surface area contributed by atoms with Crippen molar-refractivity contribution in [3.8, 4) is 11.3 Å². The summed E-state index contributed by atoms with van der Waals surface area (Å²) in [5.41, 5.74) is 10.8. The maximum absolute atomic E-state index is 12.3. The van der Waals surface area contributed by atoms with E-state index in [9.17, 15) is 28.6 Å². The lowest BCUT2D eigenvalue weighted by molar-refractivity contribution is -0.0656. The second-order valence-corrected chi connectivity index (χ2v) is 11.9. The number of imidazole rings is 1. The van der Waals surface area contributed by atoms with Gasteiger partial charge in [-0.15, -0.1) is 0 Å². The molecule has 0 bridgehead atoms. The number of fused-ring (bicyclic) bond motifs is 1. The number of nitrogens with two attached hydrogens (primary N) is 2. The first-order chi connectivity index (χ1) is 16.5. The van der Waals surface area contributed by atoms with Gasteiger partial charge in [-0.2, -0.15) is 13.6 Å². The van der Waals surface area contributed by atoms with Crippen LogP contribution in [-0.4, -0.2) is 68.6 Å². The highest BCUT2D eigenvalue weighted by atomic mass is 35.5. The molecule has 1 fully saturated rings. The molecule has 9 N–H and O–H groups in total. The largest absolute Gasteiger partial charge is 0.490 e. The Bertz CT molecular complexity index is 1340. The predicted octanol–water partition coefficient (Wildman–Crippen LogP) is -0.457. The smallest absolute Gasteiger partial charge is 0.396 e. The summed E-state index contributed by atoms with van der Waals surface area (Å²) in [6, 6.07) is 0. The molecule has 1 aliphatic rings. The van der Waals surface area contributed by atoms with Crippen molar-refractivity contribution in [3.05, 3.63) is 12.5 Å². The molecule has 0 aliphatic carbocycles. The third kappa shape index (κ3) is 6.30. The number of rotatable bonds is 9. The maximum atomic E-state index is 12.3. The van der Waals surface area contributed by atoms with E-state index in [4.69, 9.17) is 42.1 Å². The first-order valence-corrected chi connectivity index (χ1v) is 14.4. The molecule has 0 saturated carbocycles. The molecule has 200 valence electrons. The van der Waals surface area contributed by atoms with Gasteiger partial charge in [-0.3, -0.25) is 9.09 Å². The number of phosphoric acid groups is 3. The third-order valence-corrected chi connectivity index (χ3v) is 8.95. The lowest BCUT2D eigenvalue weighted by Gasteiger charge is -2.30. The number of hydrogen-bond acceptors (Lipinski definition) is 13. The lowest BCUT2D eigenvalue weighted by Crippen LogP contribution is -2.52. The van der Waals surface area contributed by atoms with Crippen molar-refractivity contribution in [2.45, 2.75) is 30.9 Å². The Hall–Kier alpha value is -1.51. The van der Waals surface area contributed by atoms with E-state index < -0.39 is 60.0 Å². The molecule has 18 nitrogen and oxygen atoms in total. The summed E-state index contributed by atoms with van der Waals surface area (Å²) in [5.74, 6) is 1.26. The summed E-state index contributed by atoms with van der Waals surface area (Å²) < 4.78 is 54.2. The van der Waals surface area contributed by atoms with E-state index >= 15 is 0 Å². The van der Waals surface area contributed by atoms with Crippen LogP contribution in [0.25, 0.3) is 11.2 Å². The number of nitrogens with zero attached hydrogens (tertiary/aromatic N) is 4. The fourth-order valence-electron chi connectivity index (χ4n) is 3.62. The number of anilines is 1. The molecule has 1 aliphatic heterocycles. The molecule has 0 aromatic carbocycles. The molecular weight excluding hydrogens is 573 g/mol. The zero-order valence-corrected chi connectivity index (χ0v) is 21.4. The molecular formula is C14H20ClN6O12P3. The molecule has 36 heavy (non-hydrogen) atoms. The van der Waals surface area contributed by atoms with Gasteiger partial charge < -0.3 is 40.9 Å². The van der Waals surface area contributed by atoms with Crippen LogP contribution in [0.5, 0.6) is 0 Å². The number of halogens is 1. The normalized spacial score (nSPS) is 28.7. The van der Waals surface area contributed by atoms with E-state index in [2.05, 4.69) is 34.9 Å². The summed E-state index contributed by atoms with van der Waals surface area (Å²) in [6.45, 7) is 0.450. The van der Waals surface area contributed by atoms with Crippen LogP contribution in [0, 0.1) is 17.2 Å². The van der Waals surface area contributed by atoms with Gasteiger partial charge >= 0.3 is 23.5 Å². The number of aliphatic hydroxyl groups excluding tert-OH is 1. The first-order valence-electron chi connectivity index (χ1n) is 9.47. The third-order valence-electron chi connectivity index (χ3n) is 4.93. The molecule has 3 heterocycles. The number of aromatic nitrogens is 4. The van der Waals surface area contributed by atoms with Gasteiger partial charge in [-0.1, -0.05) is 5.92 Å². The van der Waals surface area contributed by atoms with Crippen LogP contribution >= 0.6 is 35.1 Å². The highest BCUT2D eigenvalue weighted by molar-refractivity contribution is 7.66. The molecule has 0 radical (unpaired) electrons. The van der Waals surface area contributed by atoms with Crippen molar-refractivity contribution in [1.29, 1.82) is 0 Å². The van der Waals surface area contributed by atoms with Crippen molar-refractivity contribution in [2.24, 2.45) is 11.7 Å². The number of nitrogen functional groups attached to an aromatic ring is 1. The number of hydrogen-bond donors (Lipinski definition) is 7. The van der Waals surface area contributed by atoms with Crippen LogP contribution in [0.2, 0.25) is 0 Å². The second kappa shape index (κ2) is 10.3. The Labute approximate surface area is 207 Å². The molecule has 0 spiro atoms. The van der Waals surface area contributed by atoms with Gasteiger partial charge in [0, 0.05) is 11.3 Å². The molecule has 2 aromatic rings. The van der Waals surface area contributed by atoms with Gasteiger partial charge in [0.15, 0.2) is 11.9 Å². The zero-order chi connectivity index (χ0) is 27.1. The molecule has 4 unspecified atom stereocenters. The Balaban J connectivity index is 1.93. The highest BCUT2D eigenvalue weighted by Gasteiger charge is 2.57. The summed E-state index contributed by atoms with van der Waals surface area (Å²) >= 11 is 5.60. The van der Waals surface area contributed by atoms with E-state index in [1.54, 1.807) is 0 Å². The topological polar surface area (TPSA) is 285 Å².